The van der Waals surface area contributed by atoms with Crippen LogP contribution < -0.4 is 10.6 Å². The molecule has 4 rings (SSSR count). The highest BCUT2D eigenvalue weighted by Crippen LogP contribution is 2.58. The highest BCUT2D eigenvalue weighted by Gasteiger charge is 2.74. The zero-order chi connectivity index (χ0) is 27.5. The van der Waals surface area contributed by atoms with Crippen molar-refractivity contribution < 1.29 is 45.5 Å². The molecule has 0 aliphatic carbocycles. The van der Waals surface area contributed by atoms with Gasteiger partial charge in [0.15, 0.2) is 0 Å². The fourth-order valence-corrected chi connectivity index (χ4v) is 4.78. The van der Waals surface area contributed by atoms with Gasteiger partial charge < -0.3 is 0 Å². The molecule has 0 aromatic heterocycles. The minimum atomic E-state index is -6.14. The smallest absolute Gasteiger partial charge is 0.288 e. The Labute approximate surface area is 204 Å². The molecular weight excluding hydrogens is 506 g/mol. The Morgan fingerprint density at radius 3 is 1.81 bits per heavy atom. The zero-order valence-electron chi connectivity index (χ0n) is 18.3. The summed E-state index contributed by atoms with van der Waals surface area (Å²) >= 11 is 0. The molecule has 2 aliphatic rings. The number of terminal acetylenes is 2. The summed E-state index contributed by atoms with van der Waals surface area (Å²) in [7, 11) is 0. The Bertz CT molecular complexity index is 1490. The van der Waals surface area contributed by atoms with Gasteiger partial charge in [0.25, 0.3) is 23.6 Å². The van der Waals surface area contributed by atoms with Crippen molar-refractivity contribution in [3.63, 3.8) is 0 Å². The Hall–Kier alpha value is -4.58. The fourth-order valence-electron chi connectivity index (χ4n) is 4.78. The molecule has 6 nitrogen and oxygen atoms in total. The van der Waals surface area contributed by atoms with Gasteiger partial charge in [-0.2, -0.15) is 26.3 Å². The standard InChI is InChI=1S/C25H12F6N2O4/c1-3-5-11-9-16-17(22(37)33-21(16)36)14(6-4-2)18(11)23(24(26,27)28,25(29,30)31)12-7-8-13-15(10-12)20(35)32-19(13)34/h1-2,7-10H,5-6H2,(H,32,34,35)(H,33,36,37). The number of hydrogen-bond donors (Lipinski definition) is 2. The highest BCUT2D eigenvalue weighted by atomic mass is 19.4. The van der Waals surface area contributed by atoms with E-state index in [0.717, 1.165) is 0 Å². The van der Waals surface area contributed by atoms with E-state index >= 15 is 0 Å². The summed E-state index contributed by atoms with van der Waals surface area (Å²) in [6.07, 6.45) is -3.43. The van der Waals surface area contributed by atoms with Crippen LogP contribution in [0.25, 0.3) is 0 Å². The summed E-state index contributed by atoms with van der Waals surface area (Å²) in [6, 6.07) is 2.13. The number of alkyl halides is 6. The topological polar surface area (TPSA) is 92.3 Å². The lowest BCUT2D eigenvalue weighted by atomic mass is 9.67. The van der Waals surface area contributed by atoms with Gasteiger partial charge in [-0.3, -0.25) is 29.8 Å². The number of nitrogens with one attached hydrogen (secondary N) is 2. The number of benzene rings is 2. The van der Waals surface area contributed by atoms with Gasteiger partial charge >= 0.3 is 12.4 Å². The first kappa shape index (κ1) is 25.5. The Morgan fingerprint density at radius 1 is 0.703 bits per heavy atom. The number of fused-ring (bicyclic) bond motifs is 2. The van der Waals surface area contributed by atoms with E-state index in [1.807, 2.05) is 17.2 Å². The van der Waals surface area contributed by atoms with Gasteiger partial charge in [0.2, 0.25) is 5.41 Å². The largest absolute Gasteiger partial charge is 0.411 e. The van der Waals surface area contributed by atoms with Gasteiger partial charge in [-0.1, -0.05) is 6.07 Å². The normalized spacial score (nSPS) is 15.0. The molecule has 188 valence electrons. The Balaban J connectivity index is 2.27. The van der Waals surface area contributed by atoms with Gasteiger partial charge in [-0.15, -0.1) is 24.7 Å². The number of carbonyl (C=O) groups excluding carboxylic acids is 4. The molecule has 2 N–H and O–H groups in total. The summed E-state index contributed by atoms with van der Waals surface area (Å²) in [5, 5.41) is 3.64. The Kier molecular flexibility index (Phi) is 5.68. The minimum Gasteiger partial charge on any atom is -0.288 e. The van der Waals surface area contributed by atoms with Crippen LogP contribution in [0.1, 0.15) is 63.7 Å². The molecule has 0 saturated heterocycles. The maximum atomic E-state index is 15.0. The monoisotopic (exact) mass is 518 g/mol. The Morgan fingerprint density at radius 2 is 1.24 bits per heavy atom. The van der Waals surface area contributed by atoms with Crippen LogP contribution >= 0.6 is 0 Å². The summed E-state index contributed by atoms with van der Waals surface area (Å²) in [4.78, 5) is 48.7. The number of hydrogen-bond acceptors (Lipinski definition) is 4. The van der Waals surface area contributed by atoms with E-state index in [1.54, 1.807) is 5.32 Å². The molecular formula is C25H12F6N2O4. The van der Waals surface area contributed by atoms with E-state index < -0.39 is 98.7 Å². The molecule has 37 heavy (non-hydrogen) atoms. The maximum absolute atomic E-state index is 15.0. The fraction of sp³-hybridized carbons (Fsp3) is 0.200. The third-order valence-electron chi connectivity index (χ3n) is 6.18. The van der Waals surface area contributed by atoms with E-state index in [9.17, 15) is 45.5 Å². The lowest BCUT2D eigenvalue weighted by Gasteiger charge is -2.41. The average Bonchev–Trinajstić information content (AvgIpc) is 3.22. The summed E-state index contributed by atoms with van der Waals surface area (Å²) in [6.45, 7) is 0. The number of halogens is 6. The van der Waals surface area contributed by atoms with Gasteiger partial charge in [0, 0.05) is 12.8 Å². The van der Waals surface area contributed by atoms with Crippen molar-refractivity contribution in [2.24, 2.45) is 0 Å². The molecule has 0 fully saturated rings. The van der Waals surface area contributed by atoms with Gasteiger partial charge in [-0.25, -0.2) is 0 Å². The molecule has 0 saturated carbocycles. The molecule has 0 radical (unpaired) electrons. The van der Waals surface area contributed by atoms with E-state index in [0.29, 0.717) is 24.3 Å². The molecule has 4 amide bonds. The molecule has 0 spiro atoms. The summed E-state index contributed by atoms with van der Waals surface area (Å²) in [5.41, 5.74) is -11.7. The number of imide groups is 2. The molecule has 0 unspecified atom stereocenters. The van der Waals surface area contributed by atoms with Crippen LogP contribution in [0.15, 0.2) is 24.3 Å². The third-order valence-corrected chi connectivity index (χ3v) is 6.18. The van der Waals surface area contributed by atoms with Crippen molar-refractivity contribution in [1.82, 2.24) is 10.6 Å². The van der Waals surface area contributed by atoms with Gasteiger partial charge in [0.05, 0.1) is 22.3 Å². The van der Waals surface area contributed by atoms with E-state index in [4.69, 9.17) is 12.8 Å². The molecule has 0 atom stereocenters. The predicted octanol–water partition coefficient (Wildman–Crippen LogP) is 3.22. The van der Waals surface area contributed by atoms with Crippen LogP contribution in [0.5, 0.6) is 0 Å². The second kappa shape index (κ2) is 8.23. The van der Waals surface area contributed by atoms with Crippen LogP contribution in [0.3, 0.4) is 0 Å². The van der Waals surface area contributed by atoms with Crippen LogP contribution in [0, 0.1) is 24.7 Å². The lowest BCUT2D eigenvalue weighted by molar-refractivity contribution is -0.289. The van der Waals surface area contributed by atoms with Crippen LogP contribution in [-0.2, 0) is 18.3 Å². The molecule has 2 aromatic carbocycles. The summed E-state index contributed by atoms with van der Waals surface area (Å²) in [5.74, 6) is -0.517. The first-order valence-electron chi connectivity index (χ1n) is 10.3. The zero-order valence-corrected chi connectivity index (χ0v) is 18.3. The van der Waals surface area contributed by atoms with Gasteiger partial charge in [-0.05, 0) is 40.5 Å². The maximum Gasteiger partial charge on any atom is 0.411 e. The highest BCUT2D eigenvalue weighted by molar-refractivity contribution is 6.23. The van der Waals surface area contributed by atoms with Crippen LogP contribution in [0.2, 0.25) is 0 Å². The number of carbonyl (C=O) groups is 4. The number of amides is 4. The van der Waals surface area contributed by atoms with E-state index in [1.165, 1.54) is 0 Å². The third kappa shape index (κ3) is 3.48. The predicted molar refractivity (Wildman–Crippen MR) is 114 cm³/mol. The van der Waals surface area contributed by atoms with Crippen LogP contribution in [-0.4, -0.2) is 36.0 Å². The minimum absolute atomic E-state index is 0.328. The van der Waals surface area contributed by atoms with Crippen molar-refractivity contribution in [2.75, 3.05) is 0 Å². The number of rotatable bonds is 4. The first-order valence-corrected chi connectivity index (χ1v) is 10.3. The van der Waals surface area contributed by atoms with Crippen molar-refractivity contribution in [3.8, 4) is 24.7 Å². The van der Waals surface area contributed by atoms with E-state index in [2.05, 4.69) is 0 Å². The van der Waals surface area contributed by atoms with Crippen molar-refractivity contribution in [3.05, 3.63) is 68.8 Å². The SMILES string of the molecule is C#CCc1cc2c(c(CC#C)c1C(c1ccc3c(c1)C(=O)NC3=O)(C(F)(F)F)C(F)(F)F)C(=O)NC2=O. The molecule has 2 aromatic rings. The molecule has 12 heteroatoms. The van der Waals surface area contributed by atoms with Crippen molar-refractivity contribution in [2.45, 2.75) is 30.6 Å². The quantitative estimate of drug-likeness (QED) is 0.370. The molecule has 2 heterocycles. The van der Waals surface area contributed by atoms with Crippen molar-refractivity contribution >= 4 is 23.6 Å². The van der Waals surface area contributed by atoms with E-state index in [-0.39, 0.29) is 0 Å². The second-order valence-corrected chi connectivity index (χ2v) is 8.15. The first-order chi connectivity index (χ1) is 17.2. The average molecular weight is 518 g/mol. The molecule has 0 bridgehead atoms. The summed E-state index contributed by atoms with van der Waals surface area (Å²) < 4.78 is 89.9. The van der Waals surface area contributed by atoms with Crippen LogP contribution in [0.4, 0.5) is 26.3 Å². The lowest BCUT2D eigenvalue weighted by Crippen LogP contribution is -2.56. The van der Waals surface area contributed by atoms with Crippen molar-refractivity contribution in [1.29, 1.82) is 0 Å². The molecule has 2 aliphatic heterocycles. The second-order valence-electron chi connectivity index (χ2n) is 8.15. The van der Waals surface area contributed by atoms with Gasteiger partial charge in [0.1, 0.15) is 0 Å².